The summed E-state index contributed by atoms with van der Waals surface area (Å²) in [6.45, 7) is 1.81. The molecule has 0 radical (unpaired) electrons. The summed E-state index contributed by atoms with van der Waals surface area (Å²) in [5.74, 6) is 0.533. The highest BCUT2D eigenvalue weighted by atomic mass is 16.5. The summed E-state index contributed by atoms with van der Waals surface area (Å²) in [6.07, 6.45) is 3.53. The maximum absolute atomic E-state index is 11.1. The van der Waals surface area contributed by atoms with Gasteiger partial charge in [0.05, 0.1) is 5.69 Å². The van der Waals surface area contributed by atoms with Gasteiger partial charge >= 0.3 is 0 Å². The van der Waals surface area contributed by atoms with Crippen LogP contribution in [0.1, 0.15) is 31.0 Å². The molecular formula is C9H12N2O2. The van der Waals surface area contributed by atoms with Gasteiger partial charge in [-0.05, 0) is 19.3 Å². The fraction of sp³-hybridized carbons (Fsp3) is 0.556. The molecule has 1 amide bonds. The zero-order valence-electron chi connectivity index (χ0n) is 7.59. The molecule has 1 aliphatic carbocycles. The van der Waals surface area contributed by atoms with Gasteiger partial charge in [0, 0.05) is 12.0 Å². The molecule has 2 rings (SSSR count). The van der Waals surface area contributed by atoms with Crippen LogP contribution in [0.2, 0.25) is 0 Å². The molecule has 1 aliphatic rings. The van der Waals surface area contributed by atoms with Gasteiger partial charge in [0.1, 0.15) is 0 Å². The smallest absolute Gasteiger partial charge is 0.234 e. The largest absolute Gasteiger partial charge is 0.338 e. The Kier molecular flexibility index (Phi) is 2.04. The van der Waals surface area contributed by atoms with E-state index in [1.54, 1.807) is 0 Å². The number of aromatic nitrogens is 1. The van der Waals surface area contributed by atoms with E-state index < -0.39 is 0 Å². The van der Waals surface area contributed by atoms with Crippen LogP contribution in [0.5, 0.6) is 0 Å². The Labute approximate surface area is 76.3 Å². The molecule has 1 aromatic rings. The average Bonchev–Trinajstić information content (AvgIpc) is 2.69. The molecule has 0 aromatic carbocycles. The number of nitrogens with one attached hydrogen (secondary N) is 1. The lowest BCUT2D eigenvalue weighted by atomic mass is 10.2. The molecule has 0 saturated heterocycles. The molecule has 0 bridgehead atoms. The van der Waals surface area contributed by atoms with Crippen molar-refractivity contribution in [2.24, 2.45) is 0 Å². The molecule has 0 fully saturated rings. The molecule has 4 heteroatoms. The fourth-order valence-electron chi connectivity index (χ4n) is 1.54. The predicted octanol–water partition coefficient (Wildman–Crippen LogP) is 1.51. The number of rotatable bonds is 2. The highest BCUT2D eigenvalue weighted by Gasteiger charge is 2.21. The lowest BCUT2D eigenvalue weighted by Gasteiger charge is -1.98. The van der Waals surface area contributed by atoms with Crippen LogP contribution in [0, 0.1) is 0 Å². The number of hydrogen-bond donors (Lipinski definition) is 1. The van der Waals surface area contributed by atoms with Crippen molar-refractivity contribution >= 4 is 11.8 Å². The minimum absolute atomic E-state index is 0.0224. The highest BCUT2D eigenvalue weighted by molar-refractivity contribution is 5.89. The summed E-state index contributed by atoms with van der Waals surface area (Å²) in [4.78, 5) is 11.1. The van der Waals surface area contributed by atoms with Crippen molar-refractivity contribution < 1.29 is 9.32 Å². The second-order valence-electron chi connectivity index (χ2n) is 3.19. The number of hydrogen-bond acceptors (Lipinski definition) is 3. The maximum atomic E-state index is 11.1. The molecule has 0 unspecified atom stereocenters. The minimum atomic E-state index is -0.0224. The summed E-state index contributed by atoms with van der Waals surface area (Å²) < 4.78 is 5.03. The van der Waals surface area contributed by atoms with E-state index in [1.165, 1.54) is 0 Å². The van der Waals surface area contributed by atoms with Gasteiger partial charge in [-0.2, -0.15) is 0 Å². The molecule has 0 atom stereocenters. The third-order valence-electron chi connectivity index (χ3n) is 2.28. The van der Waals surface area contributed by atoms with E-state index in [0.717, 1.165) is 30.5 Å². The monoisotopic (exact) mass is 180 g/mol. The molecule has 1 heterocycles. The molecule has 1 aromatic heterocycles. The van der Waals surface area contributed by atoms with Crippen LogP contribution in [-0.2, 0) is 17.6 Å². The molecule has 70 valence electrons. The summed E-state index contributed by atoms with van der Waals surface area (Å²) >= 11 is 0. The van der Waals surface area contributed by atoms with E-state index in [9.17, 15) is 4.79 Å². The van der Waals surface area contributed by atoms with Crippen LogP contribution in [0.15, 0.2) is 4.52 Å². The zero-order valence-corrected chi connectivity index (χ0v) is 7.59. The van der Waals surface area contributed by atoms with Crippen molar-refractivity contribution in [2.75, 3.05) is 5.32 Å². The maximum Gasteiger partial charge on any atom is 0.234 e. The van der Waals surface area contributed by atoms with Crippen molar-refractivity contribution in [1.82, 2.24) is 5.16 Å². The molecule has 0 aliphatic heterocycles. The molecule has 13 heavy (non-hydrogen) atoms. The summed E-state index contributed by atoms with van der Waals surface area (Å²) in [6, 6.07) is 0. The first-order chi connectivity index (χ1) is 6.31. The number of aryl methyl sites for hydroxylation is 1. The molecule has 0 spiro atoms. The van der Waals surface area contributed by atoms with E-state index in [-0.39, 0.29) is 5.91 Å². The molecule has 0 saturated carbocycles. The van der Waals surface area contributed by atoms with Crippen LogP contribution in [-0.4, -0.2) is 11.1 Å². The first kappa shape index (κ1) is 8.29. The van der Waals surface area contributed by atoms with E-state index in [0.29, 0.717) is 12.3 Å². The Bertz CT molecular complexity index is 330. The quantitative estimate of drug-likeness (QED) is 0.750. The van der Waals surface area contributed by atoms with Gasteiger partial charge in [-0.1, -0.05) is 12.1 Å². The van der Waals surface area contributed by atoms with Crippen molar-refractivity contribution in [2.45, 2.75) is 32.6 Å². The van der Waals surface area contributed by atoms with Crippen molar-refractivity contribution in [1.29, 1.82) is 0 Å². The van der Waals surface area contributed by atoms with Crippen LogP contribution >= 0.6 is 0 Å². The van der Waals surface area contributed by atoms with Gasteiger partial charge in [0.2, 0.25) is 11.8 Å². The predicted molar refractivity (Wildman–Crippen MR) is 47.4 cm³/mol. The van der Waals surface area contributed by atoms with Crippen molar-refractivity contribution in [3.63, 3.8) is 0 Å². The lowest BCUT2D eigenvalue weighted by Crippen LogP contribution is -2.09. The molecule has 1 N–H and O–H groups in total. The second-order valence-corrected chi connectivity index (χ2v) is 3.19. The van der Waals surface area contributed by atoms with E-state index in [4.69, 9.17) is 4.52 Å². The highest BCUT2D eigenvalue weighted by Crippen LogP contribution is 2.28. The third-order valence-corrected chi connectivity index (χ3v) is 2.28. The SMILES string of the molecule is CCC(=O)Nc1onc2c1CCC2. The number of carbonyl (C=O) groups is 1. The van der Waals surface area contributed by atoms with Gasteiger partial charge in [0.15, 0.2) is 0 Å². The van der Waals surface area contributed by atoms with Gasteiger partial charge in [-0.25, -0.2) is 0 Å². The van der Waals surface area contributed by atoms with Gasteiger partial charge in [-0.15, -0.1) is 0 Å². The minimum Gasteiger partial charge on any atom is -0.338 e. The number of fused-ring (bicyclic) bond motifs is 1. The zero-order chi connectivity index (χ0) is 9.26. The Hall–Kier alpha value is -1.32. The second kappa shape index (κ2) is 3.20. The van der Waals surface area contributed by atoms with Crippen molar-refractivity contribution in [3.05, 3.63) is 11.3 Å². The van der Waals surface area contributed by atoms with Gasteiger partial charge in [-0.3, -0.25) is 10.1 Å². The van der Waals surface area contributed by atoms with E-state index in [2.05, 4.69) is 10.5 Å². The first-order valence-electron chi connectivity index (χ1n) is 4.58. The Balaban J connectivity index is 2.17. The molecule has 4 nitrogen and oxygen atoms in total. The third kappa shape index (κ3) is 1.43. The summed E-state index contributed by atoms with van der Waals surface area (Å²) in [5, 5.41) is 6.60. The van der Waals surface area contributed by atoms with Crippen LogP contribution < -0.4 is 5.32 Å². The Morgan fingerprint density at radius 3 is 3.23 bits per heavy atom. The number of nitrogens with zero attached hydrogens (tertiary/aromatic N) is 1. The number of amides is 1. The van der Waals surface area contributed by atoms with Crippen LogP contribution in [0.25, 0.3) is 0 Å². The van der Waals surface area contributed by atoms with Crippen molar-refractivity contribution in [3.8, 4) is 0 Å². The Morgan fingerprint density at radius 1 is 1.62 bits per heavy atom. The van der Waals surface area contributed by atoms with Gasteiger partial charge < -0.3 is 4.52 Å². The van der Waals surface area contributed by atoms with Crippen LogP contribution in [0.4, 0.5) is 5.88 Å². The fourth-order valence-corrected chi connectivity index (χ4v) is 1.54. The average molecular weight is 180 g/mol. The topological polar surface area (TPSA) is 55.1 Å². The van der Waals surface area contributed by atoms with E-state index >= 15 is 0 Å². The molecular weight excluding hydrogens is 168 g/mol. The number of anilines is 1. The van der Waals surface area contributed by atoms with E-state index in [1.807, 2.05) is 6.92 Å². The normalized spacial score (nSPS) is 14.2. The first-order valence-corrected chi connectivity index (χ1v) is 4.58. The van der Waals surface area contributed by atoms with Gasteiger partial charge in [0.25, 0.3) is 0 Å². The van der Waals surface area contributed by atoms with Crippen LogP contribution in [0.3, 0.4) is 0 Å². The summed E-state index contributed by atoms with van der Waals surface area (Å²) in [7, 11) is 0. The Morgan fingerprint density at radius 2 is 2.46 bits per heavy atom. The lowest BCUT2D eigenvalue weighted by molar-refractivity contribution is -0.116. The summed E-state index contributed by atoms with van der Waals surface area (Å²) in [5.41, 5.74) is 2.09. The standard InChI is InChI=1S/C9H12N2O2/c1-2-8(12)10-9-6-4-3-5-7(6)11-13-9/h2-5H2,1H3,(H,10,12). The number of carbonyl (C=O) groups excluding carboxylic acids is 1.